The Morgan fingerprint density at radius 1 is 1.13 bits per heavy atom. The summed E-state index contributed by atoms with van der Waals surface area (Å²) in [6.07, 6.45) is 6.53. The Kier molecular flexibility index (Phi) is 8.03. The minimum absolute atomic E-state index is 0. The number of carbonyl (C=O) groups excluding carboxylic acids is 1. The second kappa shape index (κ2) is 10.3. The molecule has 1 amide bonds. The summed E-state index contributed by atoms with van der Waals surface area (Å²) in [5.41, 5.74) is 0.918. The molecule has 0 bridgehead atoms. The molecule has 2 aliphatic heterocycles. The van der Waals surface area contributed by atoms with E-state index in [1.807, 2.05) is 30.3 Å². The molecule has 1 aromatic carbocycles. The fraction of sp³-hybridized carbons (Fsp3) is 0.565. The Balaban J connectivity index is 0.00000136. The summed E-state index contributed by atoms with van der Waals surface area (Å²) in [5.74, 6) is 2.49. The van der Waals surface area contributed by atoms with Crippen LogP contribution in [0.25, 0.3) is 11.3 Å². The van der Waals surface area contributed by atoms with Gasteiger partial charge in [-0.15, -0.1) is 24.8 Å². The van der Waals surface area contributed by atoms with Crippen LogP contribution < -0.4 is 5.32 Å². The molecule has 31 heavy (non-hydrogen) atoms. The van der Waals surface area contributed by atoms with Crippen molar-refractivity contribution in [2.75, 3.05) is 39.3 Å². The summed E-state index contributed by atoms with van der Waals surface area (Å²) in [6.45, 7) is 5.95. The van der Waals surface area contributed by atoms with E-state index in [2.05, 4.69) is 20.1 Å². The Hall–Kier alpha value is -1.60. The molecule has 3 aliphatic rings. The Labute approximate surface area is 196 Å². The number of fused-ring (bicyclic) bond motifs is 1. The number of nitrogens with one attached hydrogen (secondary N) is 1. The van der Waals surface area contributed by atoms with Crippen molar-refractivity contribution in [2.45, 2.75) is 32.2 Å². The third kappa shape index (κ3) is 4.77. The van der Waals surface area contributed by atoms with Crippen LogP contribution in [-0.2, 0) is 11.3 Å². The number of halogens is 2. The van der Waals surface area contributed by atoms with Gasteiger partial charge in [-0.25, -0.2) is 4.98 Å². The van der Waals surface area contributed by atoms with Gasteiger partial charge >= 0.3 is 0 Å². The first-order chi connectivity index (χ1) is 14.2. The number of rotatable bonds is 4. The van der Waals surface area contributed by atoms with E-state index in [1.54, 1.807) is 6.20 Å². The van der Waals surface area contributed by atoms with Gasteiger partial charge in [0.25, 0.3) is 0 Å². The monoisotopic (exact) mass is 466 g/mol. The van der Waals surface area contributed by atoms with Gasteiger partial charge in [0, 0.05) is 38.3 Å². The number of benzene rings is 1. The molecule has 0 spiro atoms. The highest BCUT2D eigenvalue weighted by Gasteiger charge is 2.51. The van der Waals surface area contributed by atoms with E-state index in [-0.39, 0.29) is 30.2 Å². The zero-order valence-electron chi connectivity index (χ0n) is 17.8. The molecule has 2 atom stereocenters. The highest BCUT2D eigenvalue weighted by atomic mass is 35.5. The van der Waals surface area contributed by atoms with Gasteiger partial charge in [0.1, 0.15) is 0 Å². The quantitative estimate of drug-likeness (QED) is 0.745. The summed E-state index contributed by atoms with van der Waals surface area (Å²) in [4.78, 5) is 22.3. The molecule has 8 heteroatoms. The van der Waals surface area contributed by atoms with Gasteiger partial charge < -0.3 is 14.6 Å². The fourth-order valence-electron chi connectivity index (χ4n) is 5.40. The summed E-state index contributed by atoms with van der Waals surface area (Å²) in [6, 6.07) is 10.1. The lowest BCUT2D eigenvalue weighted by Gasteiger charge is -2.43. The summed E-state index contributed by atoms with van der Waals surface area (Å²) >= 11 is 0. The lowest BCUT2D eigenvalue weighted by molar-refractivity contribution is -0.147. The normalized spacial score (nSPS) is 25.9. The molecular weight excluding hydrogens is 435 g/mol. The van der Waals surface area contributed by atoms with Crippen LogP contribution in [0.3, 0.4) is 0 Å². The van der Waals surface area contributed by atoms with Gasteiger partial charge in [-0.05, 0) is 25.3 Å². The molecule has 1 saturated carbocycles. The van der Waals surface area contributed by atoms with Crippen molar-refractivity contribution in [3.63, 3.8) is 0 Å². The second-order valence-corrected chi connectivity index (χ2v) is 8.78. The van der Waals surface area contributed by atoms with E-state index in [4.69, 9.17) is 4.42 Å². The number of piperazine rings is 1. The number of hydrogen-bond donors (Lipinski definition) is 1. The van der Waals surface area contributed by atoms with Crippen molar-refractivity contribution >= 4 is 30.7 Å². The van der Waals surface area contributed by atoms with Crippen LogP contribution in [0.2, 0.25) is 0 Å². The standard InChI is InChI=1S/C23H30N4O2.2ClH/c28-22(23-9-5-4-8-19(23)14-24-17-23)27-12-10-26(11-13-27)16-21-25-15-20(29-21)18-6-2-1-3-7-18;;/h1-3,6-7,15,19,24H,4-5,8-14,16-17H2;2*1H/t19-,23+;;/m0../s1. The van der Waals surface area contributed by atoms with Crippen molar-refractivity contribution in [2.24, 2.45) is 11.3 Å². The fourth-order valence-corrected chi connectivity index (χ4v) is 5.40. The van der Waals surface area contributed by atoms with Crippen molar-refractivity contribution in [1.29, 1.82) is 0 Å². The van der Waals surface area contributed by atoms with Crippen LogP contribution in [0.4, 0.5) is 0 Å². The van der Waals surface area contributed by atoms with Crippen LogP contribution in [0.15, 0.2) is 40.9 Å². The Morgan fingerprint density at radius 2 is 1.90 bits per heavy atom. The maximum Gasteiger partial charge on any atom is 0.230 e. The number of carbonyl (C=O) groups is 1. The van der Waals surface area contributed by atoms with Crippen LogP contribution >= 0.6 is 24.8 Å². The second-order valence-electron chi connectivity index (χ2n) is 8.78. The number of hydrogen-bond acceptors (Lipinski definition) is 5. The van der Waals surface area contributed by atoms with Crippen LogP contribution in [-0.4, -0.2) is 60.0 Å². The van der Waals surface area contributed by atoms with Crippen molar-refractivity contribution < 1.29 is 9.21 Å². The zero-order chi connectivity index (χ0) is 19.7. The maximum atomic E-state index is 13.4. The third-order valence-electron chi connectivity index (χ3n) is 7.09. The lowest BCUT2D eigenvalue weighted by Crippen LogP contribution is -2.55. The molecule has 1 aromatic heterocycles. The van der Waals surface area contributed by atoms with Crippen LogP contribution in [0.1, 0.15) is 31.6 Å². The average Bonchev–Trinajstić information content (AvgIpc) is 3.42. The average molecular weight is 467 g/mol. The molecule has 170 valence electrons. The van der Waals surface area contributed by atoms with Crippen molar-refractivity contribution in [3.05, 3.63) is 42.4 Å². The van der Waals surface area contributed by atoms with Gasteiger partial charge in [-0.3, -0.25) is 9.69 Å². The lowest BCUT2D eigenvalue weighted by atomic mass is 9.67. The van der Waals surface area contributed by atoms with E-state index in [0.717, 1.165) is 62.9 Å². The molecule has 2 saturated heterocycles. The Morgan fingerprint density at radius 3 is 2.68 bits per heavy atom. The summed E-state index contributed by atoms with van der Waals surface area (Å²) in [5, 5.41) is 3.50. The highest BCUT2D eigenvalue weighted by Crippen LogP contribution is 2.45. The Bertz CT molecular complexity index is 854. The third-order valence-corrected chi connectivity index (χ3v) is 7.09. The molecule has 2 aromatic rings. The highest BCUT2D eigenvalue weighted by molar-refractivity contribution is 5.85. The number of amides is 1. The van der Waals surface area contributed by atoms with Gasteiger partial charge in [0.2, 0.25) is 11.8 Å². The zero-order valence-corrected chi connectivity index (χ0v) is 19.4. The first-order valence-corrected chi connectivity index (χ1v) is 11.0. The predicted molar refractivity (Wildman–Crippen MR) is 126 cm³/mol. The molecule has 3 fully saturated rings. The van der Waals surface area contributed by atoms with Gasteiger partial charge in [-0.1, -0.05) is 43.2 Å². The summed E-state index contributed by atoms with van der Waals surface area (Å²) in [7, 11) is 0. The van der Waals surface area contributed by atoms with Gasteiger partial charge in [0.15, 0.2) is 5.76 Å². The first-order valence-electron chi connectivity index (χ1n) is 11.0. The molecule has 1 N–H and O–H groups in total. The van der Waals surface area contributed by atoms with Gasteiger partial charge in [-0.2, -0.15) is 0 Å². The van der Waals surface area contributed by atoms with Crippen LogP contribution in [0, 0.1) is 11.3 Å². The van der Waals surface area contributed by atoms with Crippen LogP contribution in [0.5, 0.6) is 0 Å². The smallest absolute Gasteiger partial charge is 0.230 e. The predicted octanol–water partition coefficient (Wildman–Crippen LogP) is 3.61. The minimum Gasteiger partial charge on any atom is -0.439 e. The van der Waals surface area contributed by atoms with E-state index in [0.29, 0.717) is 18.4 Å². The molecule has 6 nitrogen and oxygen atoms in total. The van der Waals surface area contributed by atoms with E-state index in [9.17, 15) is 4.79 Å². The number of aromatic nitrogens is 1. The van der Waals surface area contributed by atoms with Crippen molar-refractivity contribution in [3.8, 4) is 11.3 Å². The maximum absolute atomic E-state index is 13.4. The van der Waals surface area contributed by atoms with E-state index >= 15 is 0 Å². The van der Waals surface area contributed by atoms with Gasteiger partial charge in [0.05, 0.1) is 18.2 Å². The molecule has 0 unspecified atom stereocenters. The molecule has 1 aliphatic carbocycles. The molecule has 0 radical (unpaired) electrons. The topological polar surface area (TPSA) is 61.6 Å². The number of oxazole rings is 1. The molecule has 5 rings (SSSR count). The van der Waals surface area contributed by atoms with E-state index < -0.39 is 0 Å². The van der Waals surface area contributed by atoms with Crippen molar-refractivity contribution in [1.82, 2.24) is 20.1 Å². The SMILES string of the molecule is Cl.Cl.O=C(N1CCN(Cc2ncc(-c3ccccc3)o2)CC1)[C@@]12CCCC[C@H]1CNC2. The molecular formula is C23H32Cl2N4O2. The van der Waals surface area contributed by atoms with E-state index in [1.165, 1.54) is 19.3 Å². The number of nitrogens with zero attached hydrogens (tertiary/aromatic N) is 3. The first kappa shape index (κ1) is 24.1. The summed E-state index contributed by atoms with van der Waals surface area (Å²) < 4.78 is 5.96. The largest absolute Gasteiger partial charge is 0.439 e. The minimum atomic E-state index is -0.131. The molecule has 3 heterocycles.